The van der Waals surface area contributed by atoms with Crippen LogP contribution in [0.4, 0.5) is 5.69 Å². The highest BCUT2D eigenvalue weighted by molar-refractivity contribution is 9.10. The van der Waals surface area contributed by atoms with Crippen molar-refractivity contribution in [2.24, 2.45) is 0 Å². The van der Waals surface area contributed by atoms with Crippen molar-refractivity contribution in [3.63, 3.8) is 0 Å². The van der Waals surface area contributed by atoms with Crippen molar-refractivity contribution in [1.29, 1.82) is 0 Å². The van der Waals surface area contributed by atoms with E-state index in [1.807, 2.05) is 60.8 Å². The highest BCUT2D eigenvalue weighted by Crippen LogP contribution is 2.43. The molecule has 1 fully saturated rings. The number of rotatable bonds is 3. The monoisotopic (exact) mass is 407 g/mol. The van der Waals surface area contributed by atoms with E-state index in [1.54, 1.807) is 0 Å². The third kappa shape index (κ3) is 4.34. The quantitative estimate of drug-likeness (QED) is 0.688. The van der Waals surface area contributed by atoms with Crippen molar-refractivity contribution in [3.05, 3.63) is 63.6 Å². The van der Waals surface area contributed by atoms with Gasteiger partial charge in [0.25, 0.3) is 5.91 Å². The fourth-order valence-electron chi connectivity index (χ4n) is 2.40. The van der Waals surface area contributed by atoms with Crippen LogP contribution in [0.5, 0.6) is 0 Å². The van der Waals surface area contributed by atoms with Gasteiger partial charge in [-0.15, -0.1) is 23.5 Å². The lowest BCUT2D eigenvalue weighted by atomic mass is 10.1. The average molecular weight is 408 g/mol. The molecule has 0 aromatic heterocycles. The molecular weight excluding hydrogens is 390 g/mol. The molecule has 1 aliphatic rings. The zero-order valence-corrected chi connectivity index (χ0v) is 16.1. The Labute approximate surface area is 153 Å². The van der Waals surface area contributed by atoms with Crippen LogP contribution < -0.4 is 5.32 Å². The largest absolute Gasteiger partial charge is 0.322 e. The molecule has 23 heavy (non-hydrogen) atoms. The second-order valence-corrected chi connectivity index (χ2v) is 9.05. The summed E-state index contributed by atoms with van der Waals surface area (Å²) in [7, 11) is 0. The molecule has 5 heteroatoms. The molecule has 1 N–H and O–H groups in total. The molecule has 1 aliphatic heterocycles. The Kier molecular flexibility index (Phi) is 5.72. The molecule has 0 unspecified atom stereocenters. The van der Waals surface area contributed by atoms with E-state index in [1.165, 1.54) is 23.5 Å². The third-order valence-electron chi connectivity index (χ3n) is 3.69. The number of halogens is 1. The molecule has 3 rings (SSSR count). The van der Waals surface area contributed by atoms with Gasteiger partial charge >= 0.3 is 0 Å². The lowest BCUT2D eigenvalue weighted by molar-refractivity contribution is 0.102. The van der Waals surface area contributed by atoms with Gasteiger partial charge in [-0.05, 0) is 66.3 Å². The van der Waals surface area contributed by atoms with Gasteiger partial charge in [0.2, 0.25) is 0 Å². The van der Waals surface area contributed by atoms with E-state index >= 15 is 0 Å². The summed E-state index contributed by atoms with van der Waals surface area (Å²) < 4.78 is 1.55. The molecule has 0 atom stereocenters. The molecule has 2 aromatic rings. The maximum atomic E-state index is 12.4. The van der Waals surface area contributed by atoms with Gasteiger partial charge in [-0.2, -0.15) is 0 Å². The van der Waals surface area contributed by atoms with Crippen LogP contribution in [0.15, 0.2) is 46.9 Å². The molecule has 0 aliphatic carbocycles. The molecule has 2 nitrogen and oxygen atoms in total. The lowest BCUT2D eigenvalue weighted by Gasteiger charge is -2.21. The molecule has 1 saturated heterocycles. The van der Waals surface area contributed by atoms with Crippen LogP contribution in [0, 0.1) is 6.92 Å². The van der Waals surface area contributed by atoms with Crippen molar-refractivity contribution in [3.8, 4) is 0 Å². The Morgan fingerprint density at radius 2 is 1.83 bits per heavy atom. The molecule has 120 valence electrons. The van der Waals surface area contributed by atoms with Crippen molar-refractivity contribution in [2.75, 3.05) is 16.8 Å². The highest BCUT2D eigenvalue weighted by atomic mass is 79.9. The van der Waals surface area contributed by atoms with Gasteiger partial charge in [-0.1, -0.05) is 28.1 Å². The van der Waals surface area contributed by atoms with Gasteiger partial charge in [0, 0.05) is 15.7 Å². The Bertz CT molecular complexity index is 697. The number of thioether (sulfide) groups is 2. The third-order valence-corrected chi connectivity index (χ3v) is 7.59. The number of aryl methyl sites for hydroxylation is 1. The number of anilines is 1. The normalized spacial score (nSPS) is 15.4. The van der Waals surface area contributed by atoms with Gasteiger partial charge in [0.05, 0.1) is 4.58 Å². The minimum Gasteiger partial charge on any atom is -0.322 e. The first-order valence-electron chi connectivity index (χ1n) is 7.54. The summed E-state index contributed by atoms with van der Waals surface area (Å²) in [4.78, 5) is 12.4. The molecule has 1 heterocycles. The van der Waals surface area contributed by atoms with Crippen molar-refractivity contribution >= 4 is 51.0 Å². The summed E-state index contributed by atoms with van der Waals surface area (Å²) >= 11 is 7.46. The van der Waals surface area contributed by atoms with Gasteiger partial charge in [-0.3, -0.25) is 4.79 Å². The standard InChI is InChI=1S/C18H18BrNOS2/c1-12-11-15(7-8-16(12)19)20-17(21)13-3-5-14(6-4-13)18-22-9-2-10-23-18/h3-8,11,18H,2,9-10H2,1H3,(H,20,21). The predicted molar refractivity (Wildman–Crippen MR) is 106 cm³/mol. The molecule has 2 aromatic carbocycles. The Balaban J connectivity index is 1.68. The minimum atomic E-state index is -0.0674. The first-order valence-corrected chi connectivity index (χ1v) is 10.4. The minimum absolute atomic E-state index is 0.0674. The SMILES string of the molecule is Cc1cc(NC(=O)c2ccc(C3SCCCS3)cc2)ccc1Br. The summed E-state index contributed by atoms with van der Waals surface area (Å²) in [5.74, 6) is 2.38. The molecule has 0 spiro atoms. The summed E-state index contributed by atoms with van der Waals surface area (Å²) in [5, 5.41) is 2.96. The fraction of sp³-hybridized carbons (Fsp3) is 0.278. The van der Waals surface area contributed by atoms with Crippen LogP contribution in [0.2, 0.25) is 0 Å². The molecular formula is C18H18BrNOS2. The van der Waals surface area contributed by atoms with Crippen LogP contribution in [-0.4, -0.2) is 17.4 Å². The zero-order chi connectivity index (χ0) is 16.2. The number of carbonyl (C=O) groups excluding carboxylic acids is 1. The van der Waals surface area contributed by atoms with E-state index in [-0.39, 0.29) is 5.91 Å². The van der Waals surface area contributed by atoms with Crippen LogP contribution in [-0.2, 0) is 0 Å². The van der Waals surface area contributed by atoms with Crippen LogP contribution in [0.3, 0.4) is 0 Å². The van der Waals surface area contributed by atoms with Gasteiger partial charge in [0.15, 0.2) is 0 Å². The Morgan fingerprint density at radius 3 is 2.48 bits per heavy atom. The van der Waals surface area contributed by atoms with E-state index in [4.69, 9.17) is 0 Å². The van der Waals surface area contributed by atoms with Gasteiger partial charge in [-0.25, -0.2) is 0 Å². The van der Waals surface area contributed by atoms with Gasteiger partial charge in [0.1, 0.15) is 0 Å². The molecule has 1 amide bonds. The second kappa shape index (κ2) is 7.77. The van der Waals surface area contributed by atoms with Crippen LogP contribution >= 0.6 is 39.5 Å². The van der Waals surface area contributed by atoms with Crippen LogP contribution in [0.25, 0.3) is 0 Å². The van der Waals surface area contributed by atoms with E-state index in [0.29, 0.717) is 10.1 Å². The average Bonchev–Trinajstić information content (AvgIpc) is 2.59. The summed E-state index contributed by atoms with van der Waals surface area (Å²) in [5.41, 5.74) is 3.92. The van der Waals surface area contributed by atoms with E-state index < -0.39 is 0 Å². The second-order valence-electron chi connectivity index (χ2n) is 5.47. The Hall–Kier alpha value is -0.910. The maximum Gasteiger partial charge on any atom is 0.255 e. The predicted octanol–water partition coefficient (Wildman–Crippen LogP) is 5.88. The number of hydrogen-bond acceptors (Lipinski definition) is 3. The number of nitrogens with one attached hydrogen (secondary N) is 1. The van der Waals surface area contributed by atoms with E-state index in [9.17, 15) is 4.79 Å². The summed E-state index contributed by atoms with van der Waals surface area (Å²) in [6.45, 7) is 2.01. The molecule has 0 bridgehead atoms. The first kappa shape index (κ1) is 16.9. The lowest BCUT2D eigenvalue weighted by Crippen LogP contribution is -2.12. The van der Waals surface area contributed by atoms with Gasteiger partial charge < -0.3 is 5.32 Å². The summed E-state index contributed by atoms with van der Waals surface area (Å²) in [6, 6.07) is 13.8. The number of benzene rings is 2. The van der Waals surface area contributed by atoms with E-state index in [0.717, 1.165) is 15.7 Å². The zero-order valence-electron chi connectivity index (χ0n) is 12.8. The number of amides is 1. The number of hydrogen-bond donors (Lipinski definition) is 1. The van der Waals surface area contributed by atoms with Crippen LogP contribution in [0.1, 0.15) is 32.5 Å². The van der Waals surface area contributed by atoms with E-state index in [2.05, 4.69) is 33.4 Å². The maximum absolute atomic E-state index is 12.4. The molecule has 0 saturated carbocycles. The summed E-state index contributed by atoms with van der Waals surface area (Å²) in [6.07, 6.45) is 1.29. The highest BCUT2D eigenvalue weighted by Gasteiger charge is 2.17. The number of carbonyl (C=O) groups is 1. The smallest absolute Gasteiger partial charge is 0.255 e. The first-order chi connectivity index (χ1) is 11.1. The van der Waals surface area contributed by atoms with Crippen molar-refractivity contribution in [2.45, 2.75) is 17.9 Å². The van der Waals surface area contributed by atoms with Crippen molar-refractivity contribution in [1.82, 2.24) is 0 Å². The fourth-order valence-corrected chi connectivity index (χ4v) is 5.54. The molecule has 0 radical (unpaired) electrons. The Morgan fingerprint density at radius 1 is 1.13 bits per heavy atom. The topological polar surface area (TPSA) is 29.1 Å². The van der Waals surface area contributed by atoms with Crippen molar-refractivity contribution < 1.29 is 4.79 Å².